The van der Waals surface area contributed by atoms with Gasteiger partial charge in [-0.25, -0.2) is 0 Å². The lowest BCUT2D eigenvalue weighted by molar-refractivity contribution is -0.122. The van der Waals surface area contributed by atoms with Crippen molar-refractivity contribution < 1.29 is 9.59 Å². The molecule has 1 aliphatic rings. The van der Waals surface area contributed by atoms with Crippen LogP contribution in [-0.4, -0.2) is 24.4 Å². The molecular weight excluding hydrogens is 242 g/mol. The maximum absolute atomic E-state index is 12.2. The van der Waals surface area contributed by atoms with Crippen LogP contribution in [0.3, 0.4) is 0 Å². The van der Waals surface area contributed by atoms with E-state index in [1.54, 1.807) is 12.1 Å². The van der Waals surface area contributed by atoms with Crippen molar-refractivity contribution in [3.8, 4) is 0 Å². The maximum Gasteiger partial charge on any atom is 0.254 e. The van der Waals surface area contributed by atoms with Gasteiger partial charge in [-0.05, 0) is 38.3 Å². The van der Waals surface area contributed by atoms with E-state index >= 15 is 0 Å². The fourth-order valence-electron chi connectivity index (χ4n) is 2.18. The van der Waals surface area contributed by atoms with Gasteiger partial charge in [-0.15, -0.1) is 0 Å². The molecule has 0 aliphatic carbocycles. The Morgan fingerprint density at radius 2 is 2.21 bits per heavy atom. The minimum Gasteiger partial charge on any atom is -0.398 e. The average Bonchev–Trinajstić information content (AvgIpc) is 2.58. The Morgan fingerprint density at radius 1 is 1.42 bits per heavy atom. The number of amides is 2. The number of hydrogen-bond acceptors (Lipinski definition) is 3. The largest absolute Gasteiger partial charge is 0.398 e. The molecule has 0 spiro atoms. The van der Waals surface area contributed by atoms with Crippen molar-refractivity contribution in [1.82, 2.24) is 10.6 Å². The summed E-state index contributed by atoms with van der Waals surface area (Å²) in [4.78, 5) is 23.9. The normalized spacial score (nSPS) is 19.4. The lowest BCUT2D eigenvalue weighted by Gasteiger charge is -2.16. The molecule has 0 bridgehead atoms. The van der Waals surface area contributed by atoms with E-state index in [1.165, 1.54) is 0 Å². The van der Waals surface area contributed by atoms with Crippen molar-refractivity contribution in [2.45, 2.75) is 32.2 Å². The van der Waals surface area contributed by atoms with Crippen LogP contribution in [0, 0.1) is 6.92 Å². The molecule has 1 unspecified atom stereocenters. The van der Waals surface area contributed by atoms with Crippen LogP contribution in [0.5, 0.6) is 0 Å². The molecule has 102 valence electrons. The molecule has 0 saturated carbocycles. The van der Waals surface area contributed by atoms with Gasteiger partial charge in [0.2, 0.25) is 5.91 Å². The maximum atomic E-state index is 12.2. The number of nitrogen functional groups attached to an aromatic ring is 1. The number of nitrogens with two attached hydrogens (primary N) is 1. The topological polar surface area (TPSA) is 84.2 Å². The van der Waals surface area contributed by atoms with E-state index in [0.29, 0.717) is 24.2 Å². The molecular formula is C14H19N3O2. The Balaban J connectivity index is 2.11. The van der Waals surface area contributed by atoms with E-state index in [1.807, 2.05) is 13.0 Å². The molecule has 2 amide bonds. The molecule has 1 fully saturated rings. The molecule has 1 atom stereocenters. The van der Waals surface area contributed by atoms with E-state index in [0.717, 1.165) is 18.4 Å². The minimum atomic E-state index is -0.463. The van der Waals surface area contributed by atoms with Gasteiger partial charge in [-0.2, -0.15) is 0 Å². The fourth-order valence-corrected chi connectivity index (χ4v) is 2.18. The summed E-state index contributed by atoms with van der Waals surface area (Å²) >= 11 is 0. The van der Waals surface area contributed by atoms with Gasteiger partial charge in [0.15, 0.2) is 0 Å². The first-order valence-electron chi connectivity index (χ1n) is 6.52. The van der Waals surface area contributed by atoms with Crippen molar-refractivity contribution in [3.63, 3.8) is 0 Å². The van der Waals surface area contributed by atoms with Crippen molar-refractivity contribution in [1.29, 1.82) is 0 Å². The van der Waals surface area contributed by atoms with Crippen LogP contribution in [0.2, 0.25) is 0 Å². The van der Waals surface area contributed by atoms with Crippen molar-refractivity contribution in [2.24, 2.45) is 0 Å². The Morgan fingerprint density at radius 3 is 3.00 bits per heavy atom. The summed E-state index contributed by atoms with van der Waals surface area (Å²) in [6.45, 7) is 2.58. The Kier molecular flexibility index (Phi) is 4.04. The zero-order valence-electron chi connectivity index (χ0n) is 11.0. The summed E-state index contributed by atoms with van der Waals surface area (Å²) in [5.74, 6) is -0.402. The van der Waals surface area contributed by atoms with Crippen LogP contribution in [0.4, 0.5) is 5.69 Å². The van der Waals surface area contributed by atoms with Crippen LogP contribution in [0.1, 0.15) is 35.2 Å². The summed E-state index contributed by atoms with van der Waals surface area (Å²) in [7, 11) is 0. The van der Waals surface area contributed by atoms with Crippen molar-refractivity contribution >= 4 is 17.5 Å². The highest BCUT2D eigenvalue weighted by atomic mass is 16.2. The molecule has 1 aliphatic heterocycles. The molecule has 1 heterocycles. The Bertz CT molecular complexity index is 499. The summed E-state index contributed by atoms with van der Waals surface area (Å²) in [6.07, 6.45) is 2.54. The third kappa shape index (κ3) is 3.24. The van der Waals surface area contributed by atoms with E-state index in [4.69, 9.17) is 5.73 Å². The molecule has 1 aromatic carbocycles. The van der Waals surface area contributed by atoms with Crippen LogP contribution in [-0.2, 0) is 4.79 Å². The zero-order chi connectivity index (χ0) is 13.8. The highest BCUT2D eigenvalue weighted by molar-refractivity contribution is 6.01. The molecule has 0 aromatic heterocycles. The number of aryl methyl sites for hydroxylation is 1. The van der Waals surface area contributed by atoms with E-state index in [-0.39, 0.29) is 11.8 Å². The van der Waals surface area contributed by atoms with Crippen LogP contribution in [0.15, 0.2) is 18.2 Å². The molecule has 5 heteroatoms. The molecule has 4 N–H and O–H groups in total. The van der Waals surface area contributed by atoms with Crippen LogP contribution >= 0.6 is 0 Å². The van der Waals surface area contributed by atoms with Crippen LogP contribution < -0.4 is 16.4 Å². The smallest absolute Gasteiger partial charge is 0.254 e. The number of hydrogen-bond donors (Lipinski definition) is 3. The standard InChI is InChI=1S/C14H19N3O2/c1-9-5-6-11(15)10(8-9)13(18)17-12-4-2-3-7-16-14(12)19/h5-6,8,12H,2-4,7,15H2,1H3,(H,16,19)(H,17,18). The van der Waals surface area contributed by atoms with E-state index < -0.39 is 6.04 Å². The van der Waals surface area contributed by atoms with Gasteiger partial charge in [0.05, 0.1) is 5.56 Å². The monoisotopic (exact) mass is 261 g/mol. The third-order valence-electron chi connectivity index (χ3n) is 3.29. The van der Waals surface area contributed by atoms with Gasteiger partial charge in [-0.1, -0.05) is 11.6 Å². The lowest BCUT2D eigenvalue weighted by atomic mass is 10.1. The zero-order valence-corrected chi connectivity index (χ0v) is 11.0. The summed E-state index contributed by atoms with van der Waals surface area (Å²) in [5.41, 5.74) is 7.62. The SMILES string of the molecule is Cc1ccc(N)c(C(=O)NC2CCCCNC2=O)c1. The average molecular weight is 261 g/mol. The number of carbonyl (C=O) groups is 2. The molecule has 1 aromatic rings. The number of nitrogens with one attached hydrogen (secondary N) is 2. The van der Waals surface area contributed by atoms with Gasteiger partial charge in [0, 0.05) is 12.2 Å². The highest BCUT2D eigenvalue weighted by Crippen LogP contribution is 2.14. The summed E-state index contributed by atoms with van der Waals surface area (Å²) in [5, 5.41) is 5.55. The van der Waals surface area contributed by atoms with Gasteiger partial charge in [0.1, 0.15) is 6.04 Å². The van der Waals surface area contributed by atoms with E-state index in [2.05, 4.69) is 10.6 Å². The third-order valence-corrected chi connectivity index (χ3v) is 3.29. The number of rotatable bonds is 2. The quantitative estimate of drug-likeness (QED) is 0.694. The number of anilines is 1. The second-order valence-electron chi connectivity index (χ2n) is 4.90. The lowest BCUT2D eigenvalue weighted by Crippen LogP contribution is -2.45. The van der Waals surface area contributed by atoms with Crippen molar-refractivity contribution in [3.05, 3.63) is 29.3 Å². The van der Waals surface area contributed by atoms with Gasteiger partial charge in [-0.3, -0.25) is 9.59 Å². The van der Waals surface area contributed by atoms with Crippen LogP contribution in [0.25, 0.3) is 0 Å². The fraction of sp³-hybridized carbons (Fsp3) is 0.429. The van der Waals surface area contributed by atoms with Gasteiger partial charge in [0.25, 0.3) is 5.91 Å². The molecule has 0 radical (unpaired) electrons. The first kappa shape index (κ1) is 13.4. The first-order chi connectivity index (χ1) is 9.08. The number of carbonyl (C=O) groups excluding carboxylic acids is 2. The Hall–Kier alpha value is -2.04. The molecule has 19 heavy (non-hydrogen) atoms. The van der Waals surface area contributed by atoms with Gasteiger partial charge >= 0.3 is 0 Å². The molecule has 5 nitrogen and oxygen atoms in total. The molecule has 1 saturated heterocycles. The Labute approximate surface area is 112 Å². The summed E-state index contributed by atoms with van der Waals surface area (Å²) < 4.78 is 0. The highest BCUT2D eigenvalue weighted by Gasteiger charge is 2.23. The second kappa shape index (κ2) is 5.73. The predicted molar refractivity (Wildman–Crippen MR) is 73.7 cm³/mol. The van der Waals surface area contributed by atoms with Gasteiger partial charge < -0.3 is 16.4 Å². The van der Waals surface area contributed by atoms with E-state index in [9.17, 15) is 9.59 Å². The van der Waals surface area contributed by atoms with Crippen molar-refractivity contribution in [2.75, 3.05) is 12.3 Å². The summed E-state index contributed by atoms with van der Waals surface area (Å²) in [6, 6.07) is 4.83. The minimum absolute atomic E-state index is 0.114. The predicted octanol–water partition coefficient (Wildman–Crippen LogP) is 0.976. The number of benzene rings is 1. The second-order valence-corrected chi connectivity index (χ2v) is 4.90. The molecule has 2 rings (SSSR count). The first-order valence-corrected chi connectivity index (χ1v) is 6.52.